The predicted octanol–water partition coefficient (Wildman–Crippen LogP) is 14.3. The number of carbonyl (C=O) groups excluding carboxylic acids is 6. The minimum Gasteiger partial charge on any atom is -0.489 e. The number of benzene rings is 5. The second-order valence-electron chi connectivity index (χ2n) is 23.6. The maximum absolute atomic E-state index is 14.9. The molecule has 1 aliphatic heterocycles. The number of anilines is 1. The van der Waals surface area contributed by atoms with E-state index in [1.807, 2.05) is 44.2 Å². The van der Waals surface area contributed by atoms with E-state index < -0.39 is 87.2 Å². The molecule has 22 nitrogen and oxygen atoms in total. The number of rotatable bonds is 29. The zero-order chi connectivity index (χ0) is 73.6. The molecule has 3 heterocycles. The number of nitriles is 3. The van der Waals surface area contributed by atoms with Gasteiger partial charge in [-0.25, -0.2) is 19.2 Å². The van der Waals surface area contributed by atoms with Gasteiger partial charge in [0.1, 0.15) is 76.9 Å². The van der Waals surface area contributed by atoms with Gasteiger partial charge in [0.15, 0.2) is 11.3 Å². The highest BCUT2D eigenvalue weighted by atomic mass is 19.4. The van der Waals surface area contributed by atoms with Crippen molar-refractivity contribution in [3.63, 3.8) is 0 Å². The van der Waals surface area contributed by atoms with E-state index >= 15 is 0 Å². The van der Waals surface area contributed by atoms with Gasteiger partial charge in [-0.15, -0.1) is 0 Å². The molecule has 103 heavy (non-hydrogen) atoms. The number of allylic oxidation sites excluding steroid dienone is 7. The number of ether oxygens (including phenoxy) is 8. The van der Waals surface area contributed by atoms with Crippen molar-refractivity contribution in [1.82, 2.24) is 0 Å². The second kappa shape index (κ2) is 35.0. The van der Waals surface area contributed by atoms with Gasteiger partial charge in [-0.3, -0.25) is 19.2 Å². The normalized spacial score (nSPS) is 15.5. The van der Waals surface area contributed by atoms with Crippen molar-refractivity contribution in [2.75, 3.05) is 37.8 Å². The van der Waals surface area contributed by atoms with Gasteiger partial charge in [-0.2, -0.15) is 29.0 Å². The van der Waals surface area contributed by atoms with Gasteiger partial charge >= 0.3 is 53.2 Å². The van der Waals surface area contributed by atoms with Crippen molar-refractivity contribution in [1.29, 1.82) is 15.8 Å². The summed E-state index contributed by atoms with van der Waals surface area (Å²) in [7, 11) is 0. The Morgan fingerprint density at radius 2 is 1.09 bits per heavy atom. The second-order valence-corrected chi connectivity index (χ2v) is 23.6. The van der Waals surface area contributed by atoms with Crippen LogP contribution in [0.15, 0.2) is 216 Å². The third kappa shape index (κ3) is 20.1. The fraction of sp³-hybridized carbons (Fsp3) is 0.269. The topological polar surface area (TPSA) is 311 Å². The van der Waals surface area contributed by atoms with E-state index in [4.69, 9.17) is 46.7 Å². The molecule has 0 saturated heterocycles. The number of carbonyl (C=O) groups is 6. The van der Waals surface area contributed by atoms with E-state index in [9.17, 15) is 67.3 Å². The molecule has 2 unspecified atom stereocenters. The summed E-state index contributed by atoms with van der Waals surface area (Å²) in [5.41, 5.74) is -3.02. The van der Waals surface area contributed by atoms with Crippen molar-refractivity contribution >= 4 is 69.5 Å². The fourth-order valence-corrected chi connectivity index (χ4v) is 11.0. The van der Waals surface area contributed by atoms with E-state index in [-0.39, 0.29) is 135 Å². The van der Waals surface area contributed by atoms with Crippen LogP contribution in [0.4, 0.5) is 18.9 Å². The third-order valence-electron chi connectivity index (χ3n) is 16.4. The Kier molecular flexibility index (Phi) is 25.3. The molecule has 0 N–H and O–H groups in total. The number of unbranched alkanes of at least 4 members (excludes halogenated alkanes) is 2. The van der Waals surface area contributed by atoms with Crippen LogP contribution >= 0.6 is 0 Å². The Morgan fingerprint density at radius 3 is 1.58 bits per heavy atom. The first kappa shape index (κ1) is 74.7. The maximum Gasteiger partial charge on any atom is 0.432 e. The van der Waals surface area contributed by atoms with Crippen LogP contribution in [0.25, 0.3) is 28.0 Å². The molecule has 0 fully saturated rings. The fourth-order valence-electron chi connectivity index (χ4n) is 11.0. The van der Waals surface area contributed by atoms with Crippen molar-refractivity contribution in [3.8, 4) is 41.2 Å². The molecule has 2 aliphatic rings. The van der Waals surface area contributed by atoms with Gasteiger partial charge in [0.2, 0.25) is 5.60 Å². The Morgan fingerprint density at radius 1 is 0.592 bits per heavy atom. The summed E-state index contributed by atoms with van der Waals surface area (Å²) >= 11 is 0. The van der Waals surface area contributed by atoms with Gasteiger partial charge in [0.05, 0.1) is 17.7 Å². The number of hydrogen-bond donors (Lipinski definition) is 0. The average molecular weight is 1410 g/mol. The number of nitrogens with zero attached hydrogens (tertiary/aromatic N) is 4. The molecule has 5 aromatic carbocycles. The Labute approximate surface area is 587 Å². The zero-order valence-corrected chi connectivity index (χ0v) is 56.0. The van der Waals surface area contributed by atoms with Crippen molar-refractivity contribution < 1.29 is 88.7 Å². The van der Waals surface area contributed by atoms with Crippen LogP contribution in [0.2, 0.25) is 0 Å². The summed E-state index contributed by atoms with van der Waals surface area (Å²) in [4.78, 5) is 103. The molecule has 1 aliphatic carbocycles. The first-order valence-corrected chi connectivity index (χ1v) is 32.7. The summed E-state index contributed by atoms with van der Waals surface area (Å²) in [6, 6.07) is 38.6. The number of alkyl halides is 3. The molecule has 0 amide bonds. The highest BCUT2D eigenvalue weighted by Gasteiger charge is 2.60. The number of esters is 6. The van der Waals surface area contributed by atoms with Crippen LogP contribution in [0.3, 0.4) is 0 Å². The summed E-state index contributed by atoms with van der Waals surface area (Å²) < 4.78 is 99.8. The average Bonchev–Trinajstić information content (AvgIpc) is 1.59. The molecular formula is C78H67F3N4O18. The molecule has 25 heteroatoms. The minimum absolute atomic E-state index is 0.0645. The van der Waals surface area contributed by atoms with Gasteiger partial charge in [-0.05, 0) is 173 Å². The molecule has 0 saturated carbocycles. The summed E-state index contributed by atoms with van der Waals surface area (Å²) in [6.07, 6.45) is 3.15. The van der Waals surface area contributed by atoms with Gasteiger partial charge < -0.3 is 51.6 Å². The lowest BCUT2D eigenvalue weighted by molar-refractivity contribution is -0.236. The van der Waals surface area contributed by atoms with Gasteiger partial charge in [0.25, 0.3) is 0 Å². The van der Waals surface area contributed by atoms with Crippen LogP contribution in [-0.4, -0.2) is 80.5 Å². The SMILES string of the molecule is CCN(CC)c1ccc(/C=C/C2=C(OCCOC(=O)CCCCC(=O)Oc3ccc(C(=O)Oc4ccc5ccc(=O)oc5c4)cc3)C(=C/C=C/C3=C(C#N)C(=C(C#N)C#N)OC3(C)C(F)(F)F)/CC(COC(=O)CCCCC(=O)Oc3ccc(C(=O)Oc4ccc5ccc(=O)oc5c4)cc3)C2)cc1. The van der Waals surface area contributed by atoms with Gasteiger partial charge in [-0.1, -0.05) is 42.5 Å². The van der Waals surface area contributed by atoms with Crippen LogP contribution in [0.5, 0.6) is 23.0 Å². The van der Waals surface area contributed by atoms with Crippen LogP contribution < -0.4 is 35.1 Å². The maximum atomic E-state index is 14.9. The predicted molar refractivity (Wildman–Crippen MR) is 366 cm³/mol. The van der Waals surface area contributed by atoms with E-state index in [0.29, 0.717) is 28.8 Å². The molecule has 9 rings (SSSR count). The summed E-state index contributed by atoms with van der Waals surface area (Å²) in [5, 5.41) is 30.7. The van der Waals surface area contributed by atoms with E-state index in [0.717, 1.165) is 30.4 Å². The lowest BCUT2D eigenvalue weighted by Gasteiger charge is -2.29. The smallest absolute Gasteiger partial charge is 0.432 e. The summed E-state index contributed by atoms with van der Waals surface area (Å²) in [5.74, 6) is -4.28. The quantitative estimate of drug-likeness (QED) is 0.0138. The lowest BCUT2D eigenvalue weighted by Crippen LogP contribution is -2.43. The number of halogens is 3. The van der Waals surface area contributed by atoms with Crippen LogP contribution in [0.1, 0.15) is 111 Å². The molecule has 2 aromatic heterocycles. The Bertz CT molecular complexity index is 4790. The zero-order valence-electron chi connectivity index (χ0n) is 56.0. The van der Waals surface area contributed by atoms with Crippen molar-refractivity contribution in [3.05, 3.63) is 235 Å². The van der Waals surface area contributed by atoms with Crippen molar-refractivity contribution in [2.45, 2.75) is 96.8 Å². The highest BCUT2D eigenvalue weighted by Crippen LogP contribution is 2.49. The molecule has 0 spiro atoms. The van der Waals surface area contributed by atoms with E-state index in [2.05, 4.69) is 4.90 Å². The summed E-state index contributed by atoms with van der Waals surface area (Å²) in [6.45, 7) is 5.66. The van der Waals surface area contributed by atoms with E-state index in [1.165, 1.54) is 97.1 Å². The monoisotopic (exact) mass is 1400 g/mol. The number of hydrogen-bond acceptors (Lipinski definition) is 22. The third-order valence-corrected chi connectivity index (χ3v) is 16.4. The standard InChI is InChI=1S/C78H67F3N4O18/c1-4-85(5-2)58-29-18-49(19-30-58)17-20-56-42-50(48-96-68(87)14-7-9-16-70(89)98-60-33-25-54(26-34-60)76(93)100-62-36-22-52-28-38-72(91)102-66(52)44-62)41-55(11-10-12-64-63(47-84)74(57(45-82)46-83)103-77(64,3)78(79,80)81)73(56)95-40-39-94-67(86)13-6-8-15-69(88)97-59-31-23-53(24-32-59)75(92)99-61-35-21-51-27-37-71(90)101-65(51)43-61/h10-12,17-38,43-44,50H,4-9,13-16,39-42,48H2,1-3H3/b12-10+,20-17+,55-11+. The van der Waals surface area contributed by atoms with Gasteiger partial charge in [0, 0.05) is 91.0 Å². The van der Waals surface area contributed by atoms with Crippen LogP contribution in [-0.2, 0) is 38.1 Å². The van der Waals surface area contributed by atoms with E-state index in [1.54, 1.807) is 48.5 Å². The molecule has 7 aromatic rings. The molecule has 0 bridgehead atoms. The molecular weight excluding hydrogens is 1340 g/mol. The molecule has 0 radical (unpaired) electrons. The largest absolute Gasteiger partial charge is 0.489 e. The number of fused-ring (bicyclic) bond motifs is 2. The first-order valence-electron chi connectivity index (χ1n) is 32.7. The first-order chi connectivity index (χ1) is 49.6. The minimum atomic E-state index is -5.15. The Balaban J connectivity index is 0.832. The van der Waals surface area contributed by atoms with Crippen LogP contribution in [0, 0.1) is 39.9 Å². The Hall–Kier alpha value is -12.6. The lowest BCUT2D eigenvalue weighted by atomic mass is 9.84. The van der Waals surface area contributed by atoms with Crippen molar-refractivity contribution in [2.24, 2.45) is 5.92 Å². The molecule has 528 valence electrons. The highest BCUT2D eigenvalue weighted by molar-refractivity contribution is 5.93. The molecule has 2 atom stereocenters.